The number of benzene rings is 2. The highest BCUT2D eigenvalue weighted by Gasteiger charge is 2.17. The molecule has 0 saturated carbocycles. The van der Waals surface area contributed by atoms with Crippen LogP contribution in [0.2, 0.25) is 0 Å². The van der Waals surface area contributed by atoms with Gasteiger partial charge in [-0.3, -0.25) is 4.79 Å². The summed E-state index contributed by atoms with van der Waals surface area (Å²) in [5.41, 5.74) is 2.83. The van der Waals surface area contributed by atoms with E-state index in [4.69, 9.17) is 0 Å². The number of hydrogen-bond acceptors (Lipinski definition) is 4. The van der Waals surface area contributed by atoms with Crippen molar-refractivity contribution in [3.8, 4) is 11.1 Å². The van der Waals surface area contributed by atoms with E-state index in [2.05, 4.69) is 23.9 Å². The number of nitrogens with zero attached hydrogens (tertiary/aromatic N) is 3. The first-order valence-electron chi connectivity index (χ1n) is 10.8. The van der Waals surface area contributed by atoms with Crippen molar-refractivity contribution in [2.75, 3.05) is 0 Å². The van der Waals surface area contributed by atoms with Crippen molar-refractivity contribution in [2.24, 2.45) is 5.92 Å². The van der Waals surface area contributed by atoms with E-state index in [0.717, 1.165) is 36.2 Å². The van der Waals surface area contributed by atoms with Gasteiger partial charge in [-0.05, 0) is 41.5 Å². The lowest BCUT2D eigenvalue weighted by atomic mass is 9.99. The van der Waals surface area contributed by atoms with Crippen molar-refractivity contribution in [1.82, 2.24) is 14.8 Å². The van der Waals surface area contributed by atoms with E-state index in [1.807, 2.05) is 48.0 Å². The Morgan fingerprint density at radius 3 is 2.42 bits per heavy atom. The van der Waals surface area contributed by atoms with Crippen LogP contribution in [0.4, 0.5) is 0 Å². The molecule has 1 aromatic heterocycles. The Morgan fingerprint density at radius 2 is 1.77 bits per heavy atom. The summed E-state index contributed by atoms with van der Waals surface area (Å²) in [4.78, 5) is 28.3. The fourth-order valence-electron chi connectivity index (χ4n) is 3.44. The number of carboxylic acids is 1. The van der Waals surface area contributed by atoms with Gasteiger partial charge in [-0.25, -0.2) is 14.5 Å². The van der Waals surface area contributed by atoms with Gasteiger partial charge in [-0.1, -0.05) is 63.2 Å². The molecule has 0 aliphatic rings. The van der Waals surface area contributed by atoms with Gasteiger partial charge in [0.25, 0.3) is 0 Å². The number of aromatic carboxylic acids is 1. The molecule has 0 amide bonds. The Hall–Kier alpha value is -3.28. The van der Waals surface area contributed by atoms with E-state index in [1.165, 1.54) is 0 Å². The molecule has 2 aromatic carbocycles. The molecule has 6 heteroatoms. The van der Waals surface area contributed by atoms with E-state index in [-0.39, 0.29) is 11.3 Å². The second-order valence-electron chi connectivity index (χ2n) is 8.16. The minimum atomic E-state index is -0.943. The Bertz CT molecular complexity index is 1050. The van der Waals surface area contributed by atoms with Crippen LogP contribution in [-0.4, -0.2) is 31.6 Å². The molecule has 0 spiro atoms. The van der Waals surface area contributed by atoms with Gasteiger partial charge in [0.1, 0.15) is 5.82 Å². The topological polar surface area (TPSA) is 85.1 Å². The highest BCUT2D eigenvalue weighted by Crippen LogP contribution is 2.24. The molecular weight excluding hydrogens is 390 g/mol. The SMILES string of the molecule is CCCC(=O)c1nc(CCC(C)C)n(Cc2ccc(-c3ccccc3C(=O)O)cc2)n1. The van der Waals surface area contributed by atoms with E-state index >= 15 is 0 Å². The number of hydrogen-bond donors (Lipinski definition) is 1. The first-order chi connectivity index (χ1) is 14.9. The molecule has 3 aromatic rings. The quantitative estimate of drug-likeness (QED) is 0.453. The van der Waals surface area contributed by atoms with Gasteiger partial charge < -0.3 is 5.11 Å². The Labute approximate surface area is 183 Å². The standard InChI is InChI=1S/C25H29N3O3/c1-4-7-22(29)24-26-23(15-10-17(2)3)28(27-24)16-18-11-13-19(14-12-18)20-8-5-6-9-21(20)25(30)31/h5-6,8-9,11-14,17H,4,7,10,15-16H2,1-3H3,(H,30,31). The number of carbonyl (C=O) groups is 2. The van der Waals surface area contributed by atoms with E-state index in [0.29, 0.717) is 30.3 Å². The lowest BCUT2D eigenvalue weighted by molar-refractivity contribution is 0.0697. The number of carbonyl (C=O) groups excluding carboxylic acids is 1. The van der Waals surface area contributed by atoms with Crippen LogP contribution >= 0.6 is 0 Å². The molecular formula is C25H29N3O3. The normalized spacial score (nSPS) is 11.1. The van der Waals surface area contributed by atoms with Crippen LogP contribution in [0.5, 0.6) is 0 Å². The van der Waals surface area contributed by atoms with Gasteiger partial charge in [-0.2, -0.15) is 0 Å². The summed E-state index contributed by atoms with van der Waals surface area (Å²) in [6, 6.07) is 14.8. The average molecular weight is 420 g/mol. The molecule has 0 fully saturated rings. The molecule has 6 nitrogen and oxygen atoms in total. The van der Waals surface area contributed by atoms with Crippen molar-refractivity contribution >= 4 is 11.8 Å². The van der Waals surface area contributed by atoms with Gasteiger partial charge in [0.15, 0.2) is 0 Å². The van der Waals surface area contributed by atoms with Crippen LogP contribution in [0.15, 0.2) is 48.5 Å². The highest BCUT2D eigenvalue weighted by atomic mass is 16.4. The smallest absolute Gasteiger partial charge is 0.336 e. The molecule has 1 N–H and O–H groups in total. The molecule has 0 saturated heterocycles. The maximum atomic E-state index is 12.3. The molecule has 0 bridgehead atoms. The second-order valence-corrected chi connectivity index (χ2v) is 8.16. The predicted octanol–water partition coefficient (Wildman–Crippen LogP) is 5.26. The molecule has 0 unspecified atom stereocenters. The summed E-state index contributed by atoms with van der Waals surface area (Å²) >= 11 is 0. The van der Waals surface area contributed by atoms with Crippen molar-refractivity contribution < 1.29 is 14.7 Å². The lowest BCUT2D eigenvalue weighted by Gasteiger charge is -2.09. The Kier molecular flexibility index (Phi) is 7.34. The van der Waals surface area contributed by atoms with Gasteiger partial charge in [0, 0.05) is 12.8 Å². The van der Waals surface area contributed by atoms with E-state index in [1.54, 1.807) is 12.1 Å². The number of aromatic nitrogens is 3. The number of rotatable bonds is 10. The van der Waals surface area contributed by atoms with Gasteiger partial charge in [0.05, 0.1) is 12.1 Å². The maximum absolute atomic E-state index is 12.3. The maximum Gasteiger partial charge on any atom is 0.336 e. The number of Topliss-reactive ketones (excluding diaryl/α,β-unsaturated/α-hetero) is 1. The Balaban J connectivity index is 1.85. The van der Waals surface area contributed by atoms with Gasteiger partial charge in [0.2, 0.25) is 11.6 Å². The third-order valence-electron chi connectivity index (χ3n) is 5.17. The molecule has 1 heterocycles. The number of aryl methyl sites for hydroxylation is 1. The molecule has 3 rings (SSSR count). The van der Waals surface area contributed by atoms with Crippen LogP contribution in [-0.2, 0) is 13.0 Å². The zero-order valence-corrected chi connectivity index (χ0v) is 18.3. The van der Waals surface area contributed by atoms with Crippen LogP contribution in [0.3, 0.4) is 0 Å². The van der Waals surface area contributed by atoms with Crippen LogP contribution in [0.25, 0.3) is 11.1 Å². The summed E-state index contributed by atoms with van der Waals surface area (Å²) in [5, 5.41) is 13.9. The average Bonchev–Trinajstić information content (AvgIpc) is 3.16. The highest BCUT2D eigenvalue weighted by molar-refractivity contribution is 5.96. The van der Waals surface area contributed by atoms with Crippen LogP contribution in [0.1, 0.15) is 72.4 Å². The monoisotopic (exact) mass is 419 g/mol. The first kappa shape index (κ1) is 22.4. The van der Waals surface area contributed by atoms with Gasteiger partial charge in [-0.15, -0.1) is 5.10 Å². The number of carboxylic acid groups (broad SMARTS) is 1. The van der Waals surface area contributed by atoms with Crippen LogP contribution < -0.4 is 0 Å². The van der Waals surface area contributed by atoms with E-state index in [9.17, 15) is 14.7 Å². The molecule has 31 heavy (non-hydrogen) atoms. The predicted molar refractivity (Wildman–Crippen MR) is 120 cm³/mol. The third kappa shape index (κ3) is 5.66. The fourth-order valence-corrected chi connectivity index (χ4v) is 3.44. The summed E-state index contributed by atoms with van der Waals surface area (Å²) in [6.45, 7) is 6.81. The van der Waals surface area contributed by atoms with Gasteiger partial charge >= 0.3 is 5.97 Å². The largest absolute Gasteiger partial charge is 0.478 e. The minimum absolute atomic E-state index is 0.0207. The summed E-state index contributed by atoms with van der Waals surface area (Å²) in [7, 11) is 0. The van der Waals surface area contributed by atoms with Crippen molar-refractivity contribution in [3.63, 3.8) is 0 Å². The lowest BCUT2D eigenvalue weighted by Crippen LogP contribution is -2.08. The van der Waals surface area contributed by atoms with Crippen molar-refractivity contribution in [2.45, 2.75) is 53.0 Å². The zero-order chi connectivity index (χ0) is 22.4. The van der Waals surface area contributed by atoms with Crippen molar-refractivity contribution in [1.29, 1.82) is 0 Å². The summed E-state index contributed by atoms with van der Waals surface area (Å²) in [6.07, 6.45) is 2.97. The van der Waals surface area contributed by atoms with Crippen molar-refractivity contribution in [3.05, 3.63) is 71.3 Å². The van der Waals surface area contributed by atoms with Crippen LogP contribution in [0, 0.1) is 5.92 Å². The summed E-state index contributed by atoms with van der Waals surface area (Å²) < 4.78 is 1.82. The number of ketones is 1. The molecule has 0 aliphatic carbocycles. The molecule has 0 aliphatic heterocycles. The molecule has 0 atom stereocenters. The Morgan fingerprint density at radius 1 is 1.06 bits per heavy atom. The molecule has 162 valence electrons. The fraction of sp³-hybridized carbons (Fsp3) is 0.360. The summed E-state index contributed by atoms with van der Waals surface area (Å²) in [5.74, 6) is 0.698. The second kappa shape index (κ2) is 10.2. The molecule has 0 radical (unpaired) electrons. The third-order valence-corrected chi connectivity index (χ3v) is 5.17. The first-order valence-corrected chi connectivity index (χ1v) is 10.8. The van der Waals surface area contributed by atoms with E-state index < -0.39 is 5.97 Å². The minimum Gasteiger partial charge on any atom is -0.478 e. The zero-order valence-electron chi connectivity index (χ0n) is 18.3.